The summed E-state index contributed by atoms with van der Waals surface area (Å²) < 4.78 is 6.84. The fourth-order valence-electron chi connectivity index (χ4n) is 1.52. The summed E-state index contributed by atoms with van der Waals surface area (Å²) in [4.78, 5) is 15.4. The Morgan fingerprint density at radius 3 is 2.82 bits per heavy atom. The molecule has 0 N–H and O–H groups in total. The number of thioether (sulfide) groups is 1. The van der Waals surface area contributed by atoms with Crippen molar-refractivity contribution in [3.05, 3.63) is 18.2 Å². The minimum Gasteiger partial charge on any atom is -0.469 e. The van der Waals surface area contributed by atoms with Crippen LogP contribution in [0, 0.1) is 5.92 Å². The summed E-state index contributed by atoms with van der Waals surface area (Å²) >= 11 is 1.73. The van der Waals surface area contributed by atoms with E-state index in [0.29, 0.717) is 6.04 Å². The summed E-state index contributed by atoms with van der Waals surface area (Å²) in [6.07, 6.45) is 3.74. The molecule has 0 fully saturated rings. The summed E-state index contributed by atoms with van der Waals surface area (Å²) in [5, 5.41) is 0. The SMILES string of the molecule is COC(=O)C(C)CSCc1cncn1C(C)C. The lowest BCUT2D eigenvalue weighted by atomic mass is 10.2. The summed E-state index contributed by atoms with van der Waals surface area (Å²) in [6, 6.07) is 0.422. The normalized spacial score (nSPS) is 12.8. The highest BCUT2D eigenvalue weighted by molar-refractivity contribution is 7.98. The van der Waals surface area contributed by atoms with Crippen molar-refractivity contribution in [1.82, 2.24) is 9.55 Å². The van der Waals surface area contributed by atoms with Crippen molar-refractivity contribution in [2.24, 2.45) is 5.92 Å². The smallest absolute Gasteiger partial charge is 0.309 e. The van der Waals surface area contributed by atoms with Gasteiger partial charge in [-0.2, -0.15) is 11.8 Å². The molecule has 96 valence electrons. The van der Waals surface area contributed by atoms with Gasteiger partial charge in [0.15, 0.2) is 0 Å². The lowest BCUT2D eigenvalue weighted by Gasteiger charge is -2.12. The van der Waals surface area contributed by atoms with Crippen molar-refractivity contribution < 1.29 is 9.53 Å². The molecule has 0 aromatic carbocycles. The number of aromatic nitrogens is 2. The molecule has 0 aliphatic heterocycles. The molecule has 1 aromatic heterocycles. The van der Waals surface area contributed by atoms with Gasteiger partial charge in [0, 0.05) is 29.4 Å². The Bertz CT molecular complexity index is 363. The number of hydrogen-bond acceptors (Lipinski definition) is 4. The Balaban J connectivity index is 2.41. The quantitative estimate of drug-likeness (QED) is 0.734. The lowest BCUT2D eigenvalue weighted by molar-refractivity contribution is -0.143. The number of esters is 1. The van der Waals surface area contributed by atoms with E-state index in [9.17, 15) is 4.79 Å². The van der Waals surface area contributed by atoms with E-state index in [-0.39, 0.29) is 11.9 Å². The lowest BCUT2D eigenvalue weighted by Crippen LogP contribution is -2.15. The first-order valence-corrected chi connectivity index (χ1v) is 6.88. The second-order valence-electron chi connectivity index (χ2n) is 4.33. The van der Waals surface area contributed by atoms with Crippen LogP contribution in [0.2, 0.25) is 0 Å². The minimum atomic E-state index is -0.144. The van der Waals surface area contributed by atoms with E-state index in [1.54, 1.807) is 11.8 Å². The van der Waals surface area contributed by atoms with Gasteiger partial charge in [0.05, 0.1) is 19.4 Å². The Morgan fingerprint density at radius 2 is 2.24 bits per heavy atom. The molecule has 0 amide bonds. The van der Waals surface area contributed by atoms with E-state index >= 15 is 0 Å². The maximum atomic E-state index is 11.2. The van der Waals surface area contributed by atoms with Crippen LogP contribution in [0.25, 0.3) is 0 Å². The third-order valence-corrected chi connectivity index (χ3v) is 3.76. The molecule has 1 atom stereocenters. The van der Waals surface area contributed by atoms with Gasteiger partial charge in [-0.1, -0.05) is 6.92 Å². The maximum Gasteiger partial charge on any atom is 0.309 e. The van der Waals surface area contributed by atoms with Crippen LogP contribution < -0.4 is 0 Å². The molecule has 0 aliphatic carbocycles. The molecule has 4 nitrogen and oxygen atoms in total. The molecule has 0 saturated heterocycles. The van der Waals surface area contributed by atoms with Gasteiger partial charge in [-0.3, -0.25) is 4.79 Å². The molecule has 0 aliphatic rings. The van der Waals surface area contributed by atoms with Gasteiger partial charge in [-0.25, -0.2) is 4.98 Å². The van der Waals surface area contributed by atoms with Gasteiger partial charge in [0.2, 0.25) is 0 Å². The predicted molar refractivity (Wildman–Crippen MR) is 70.0 cm³/mol. The predicted octanol–water partition coefficient (Wildman–Crippen LogP) is 2.51. The van der Waals surface area contributed by atoms with Gasteiger partial charge < -0.3 is 9.30 Å². The number of methoxy groups -OCH3 is 1. The van der Waals surface area contributed by atoms with Crippen molar-refractivity contribution in [1.29, 1.82) is 0 Å². The molecule has 0 bridgehead atoms. The number of rotatable bonds is 6. The minimum absolute atomic E-state index is 0.0552. The number of carbonyl (C=O) groups excluding carboxylic acids is 1. The molecule has 5 heteroatoms. The first-order chi connectivity index (χ1) is 8.06. The molecule has 1 heterocycles. The van der Waals surface area contributed by atoms with Crippen LogP contribution in [-0.4, -0.2) is 28.4 Å². The molecule has 1 rings (SSSR count). The molecule has 1 aromatic rings. The van der Waals surface area contributed by atoms with E-state index in [1.165, 1.54) is 12.8 Å². The maximum absolute atomic E-state index is 11.2. The van der Waals surface area contributed by atoms with Crippen LogP contribution in [0.15, 0.2) is 12.5 Å². The zero-order chi connectivity index (χ0) is 12.8. The molecule has 1 unspecified atom stereocenters. The molecular formula is C12H20N2O2S. The third kappa shape index (κ3) is 4.07. The van der Waals surface area contributed by atoms with Gasteiger partial charge in [-0.15, -0.1) is 0 Å². The molecule has 17 heavy (non-hydrogen) atoms. The third-order valence-electron chi connectivity index (χ3n) is 2.52. The highest BCUT2D eigenvalue weighted by Crippen LogP contribution is 2.18. The number of ether oxygens (including phenoxy) is 1. The summed E-state index contributed by atoms with van der Waals surface area (Å²) in [7, 11) is 1.43. The summed E-state index contributed by atoms with van der Waals surface area (Å²) in [5.74, 6) is 1.45. The first-order valence-electron chi connectivity index (χ1n) is 5.72. The van der Waals surface area contributed by atoms with Crippen LogP contribution >= 0.6 is 11.8 Å². The molecule has 0 saturated carbocycles. The fraction of sp³-hybridized carbons (Fsp3) is 0.667. The summed E-state index contributed by atoms with van der Waals surface area (Å²) in [5.41, 5.74) is 1.20. The van der Waals surface area contributed by atoms with E-state index < -0.39 is 0 Å². The monoisotopic (exact) mass is 256 g/mol. The number of imidazole rings is 1. The van der Waals surface area contributed by atoms with Crippen LogP contribution in [0.3, 0.4) is 0 Å². The van der Waals surface area contributed by atoms with Gasteiger partial charge in [0.1, 0.15) is 0 Å². The second-order valence-corrected chi connectivity index (χ2v) is 5.36. The summed E-state index contributed by atoms with van der Waals surface area (Å²) in [6.45, 7) is 6.15. The number of hydrogen-bond donors (Lipinski definition) is 0. The molecule has 0 spiro atoms. The van der Waals surface area contributed by atoms with E-state index in [2.05, 4.69) is 23.4 Å². The van der Waals surface area contributed by atoms with Crippen LogP contribution in [-0.2, 0) is 15.3 Å². The van der Waals surface area contributed by atoms with Crippen molar-refractivity contribution in [3.63, 3.8) is 0 Å². The topological polar surface area (TPSA) is 44.1 Å². The van der Waals surface area contributed by atoms with Crippen molar-refractivity contribution in [2.45, 2.75) is 32.6 Å². The van der Waals surface area contributed by atoms with Crippen molar-refractivity contribution in [2.75, 3.05) is 12.9 Å². The average molecular weight is 256 g/mol. The van der Waals surface area contributed by atoms with E-state index in [4.69, 9.17) is 4.74 Å². The average Bonchev–Trinajstić information content (AvgIpc) is 2.76. The molecule has 0 radical (unpaired) electrons. The van der Waals surface area contributed by atoms with Crippen molar-refractivity contribution >= 4 is 17.7 Å². The van der Waals surface area contributed by atoms with Crippen molar-refractivity contribution in [3.8, 4) is 0 Å². The standard InChI is InChI=1S/C12H20N2O2S/c1-9(2)14-8-13-5-11(14)7-17-6-10(3)12(15)16-4/h5,8-10H,6-7H2,1-4H3. The second kappa shape index (κ2) is 6.69. The Kier molecular flexibility index (Phi) is 5.55. The Morgan fingerprint density at radius 1 is 1.53 bits per heavy atom. The molecular weight excluding hydrogens is 236 g/mol. The van der Waals surface area contributed by atoms with Crippen LogP contribution in [0.5, 0.6) is 0 Å². The zero-order valence-corrected chi connectivity index (χ0v) is 11.7. The first kappa shape index (κ1) is 14.1. The highest BCUT2D eigenvalue weighted by Gasteiger charge is 2.13. The fourth-order valence-corrected chi connectivity index (χ4v) is 2.56. The largest absolute Gasteiger partial charge is 0.469 e. The van der Waals surface area contributed by atoms with Crippen LogP contribution in [0.4, 0.5) is 0 Å². The number of nitrogens with zero attached hydrogens (tertiary/aromatic N) is 2. The van der Waals surface area contributed by atoms with Crippen LogP contribution in [0.1, 0.15) is 32.5 Å². The Labute approximate surface area is 107 Å². The Hall–Kier alpha value is -0.970. The van der Waals surface area contributed by atoms with Gasteiger partial charge in [0.25, 0.3) is 0 Å². The number of carbonyl (C=O) groups is 1. The zero-order valence-electron chi connectivity index (χ0n) is 10.8. The highest BCUT2D eigenvalue weighted by atomic mass is 32.2. The van der Waals surface area contributed by atoms with E-state index in [1.807, 2.05) is 19.4 Å². The van der Waals surface area contributed by atoms with Gasteiger partial charge in [-0.05, 0) is 13.8 Å². The van der Waals surface area contributed by atoms with Gasteiger partial charge >= 0.3 is 5.97 Å². The van der Waals surface area contributed by atoms with E-state index in [0.717, 1.165) is 11.5 Å².